The number of hydrogen-bond donors (Lipinski definition) is 1. The van der Waals surface area contributed by atoms with Crippen LogP contribution in [0.2, 0.25) is 0 Å². The number of rotatable bonds is 37. The van der Waals surface area contributed by atoms with Gasteiger partial charge in [0.1, 0.15) is 25.6 Å². The van der Waals surface area contributed by atoms with E-state index < -0.39 is 48.5 Å². The minimum absolute atomic E-state index is 0.0613. The predicted molar refractivity (Wildman–Crippen MR) is 245 cm³/mol. The van der Waals surface area contributed by atoms with Gasteiger partial charge in [0.25, 0.3) is 5.91 Å². The minimum atomic E-state index is -1.19. The van der Waals surface area contributed by atoms with Crippen molar-refractivity contribution in [2.45, 2.75) is 57.8 Å². The van der Waals surface area contributed by atoms with Crippen molar-refractivity contribution in [1.82, 2.24) is 5.32 Å². The van der Waals surface area contributed by atoms with Crippen LogP contribution in [0.3, 0.4) is 0 Å². The second-order valence-electron chi connectivity index (χ2n) is 14.4. The summed E-state index contributed by atoms with van der Waals surface area (Å²) in [6.07, 6.45) is 2.09. The highest BCUT2D eigenvalue weighted by molar-refractivity contribution is 7.24. The molecule has 1 heterocycles. The Bertz CT molecular complexity index is 1930. The Labute approximate surface area is 389 Å². The number of fused-ring (bicyclic) bond motifs is 2. The third-order valence-corrected chi connectivity index (χ3v) is 10.4. The van der Waals surface area contributed by atoms with Gasteiger partial charge in [0.05, 0.1) is 84.3 Å². The average Bonchev–Trinajstić information content (AvgIpc) is 3.32. The molecule has 0 radical (unpaired) electrons. The van der Waals surface area contributed by atoms with Crippen molar-refractivity contribution < 1.29 is 76.0 Å². The second-order valence-corrected chi connectivity index (χ2v) is 15.5. The summed E-state index contributed by atoms with van der Waals surface area (Å²) in [6, 6.07) is 12.5. The van der Waals surface area contributed by atoms with Gasteiger partial charge in [-0.2, -0.15) is 0 Å². The van der Waals surface area contributed by atoms with Gasteiger partial charge in [0, 0.05) is 38.4 Å². The van der Waals surface area contributed by atoms with Gasteiger partial charge in [0.2, 0.25) is 0 Å². The predicted octanol–water partition coefficient (Wildman–Crippen LogP) is 4.83. The Morgan fingerprint density at radius 1 is 0.621 bits per heavy atom. The zero-order chi connectivity index (χ0) is 48.0. The van der Waals surface area contributed by atoms with Gasteiger partial charge in [0.15, 0.2) is 24.6 Å². The Morgan fingerprint density at radius 3 is 1.64 bits per heavy atom. The van der Waals surface area contributed by atoms with E-state index >= 15 is 0 Å². The van der Waals surface area contributed by atoms with Crippen molar-refractivity contribution in [2.24, 2.45) is 0 Å². The molecule has 0 saturated carbocycles. The molecule has 0 aliphatic heterocycles. The van der Waals surface area contributed by atoms with Crippen LogP contribution in [0.1, 0.15) is 33.6 Å². The summed E-state index contributed by atoms with van der Waals surface area (Å²) in [4.78, 5) is 61.0. The number of ether oxygens (including phenoxy) is 12. The van der Waals surface area contributed by atoms with Crippen LogP contribution in [0, 0.1) is 0 Å². The van der Waals surface area contributed by atoms with Gasteiger partial charge in [-0.1, -0.05) is 31.9 Å². The number of esters is 3. The van der Waals surface area contributed by atoms with Gasteiger partial charge in [-0.05, 0) is 63.9 Å². The third-order valence-electron chi connectivity index (χ3n) is 9.25. The summed E-state index contributed by atoms with van der Waals surface area (Å²) in [5.74, 6) is -1.79. The maximum Gasteiger partial charge on any atom is 0.330 e. The summed E-state index contributed by atoms with van der Waals surface area (Å²) in [5.41, 5.74) is -1.32. The number of benzene rings is 2. The van der Waals surface area contributed by atoms with Crippen LogP contribution in [0.15, 0.2) is 85.2 Å². The molecule has 1 aromatic heterocycles. The first-order valence-corrected chi connectivity index (χ1v) is 22.3. The fourth-order valence-electron chi connectivity index (χ4n) is 5.83. The number of nitrogens with one attached hydrogen (secondary N) is 1. The monoisotopic (exact) mass is 945 g/mol. The summed E-state index contributed by atoms with van der Waals surface area (Å²) in [6.45, 7) is 16.7. The van der Waals surface area contributed by atoms with E-state index in [9.17, 15) is 24.0 Å². The van der Waals surface area contributed by atoms with E-state index in [2.05, 4.69) is 25.1 Å². The van der Waals surface area contributed by atoms with Crippen molar-refractivity contribution in [2.75, 3.05) is 99.1 Å². The highest BCUT2D eigenvalue weighted by Gasteiger charge is 2.35. The lowest BCUT2D eigenvalue weighted by molar-refractivity contribution is -0.181. The average molecular weight is 946 g/mol. The molecular weight excluding hydrogens is 883 g/mol. The zero-order valence-electron chi connectivity index (χ0n) is 38.0. The molecule has 3 rings (SSSR count). The molecule has 18 nitrogen and oxygen atoms in total. The van der Waals surface area contributed by atoms with E-state index in [0.29, 0.717) is 29.4 Å². The number of hydrogen-bond acceptors (Lipinski definition) is 18. The number of carbonyl (C=O) groups is 4. The van der Waals surface area contributed by atoms with Crippen molar-refractivity contribution in [3.63, 3.8) is 0 Å². The van der Waals surface area contributed by atoms with Gasteiger partial charge in [-0.25, -0.2) is 14.4 Å². The zero-order valence-corrected chi connectivity index (χ0v) is 38.8. The van der Waals surface area contributed by atoms with E-state index in [-0.39, 0.29) is 104 Å². The lowest BCUT2D eigenvalue weighted by Crippen LogP contribution is -2.57. The van der Waals surface area contributed by atoms with E-state index in [1.54, 1.807) is 38.1 Å². The first-order valence-electron chi connectivity index (χ1n) is 21.5. The molecule has 1 amide bonds. The molecule has 364 valence electrons. The maximum atomic E-state index is 13.9. The molecule has 0 fully saturated rings. The smallest absolute Gasteiger partial charge is 0.330 e. The fraction of sp³-hybridized carbons (Fsp3) is 0.511. The van der Waals surface area contributed by atoms with Crippen molar-refractivity contribution >= 4 is 55.3 Å². The lowest BCUT2D eigenvalue weighted by atomic mass is 9.93. The standard InChI is InChI=1S/C47H63NO17S/c1-7-43(50)60-27-21-54-18-24-57-34(4)16-17-47(32-64-35(5)58-25-19-55-22-28-61-44(51)8-2,33-65-36(6)59-26-20-56-23-29-62-45(52)9-3)48-42(49)31-63-37-14-15-41-39(30-37)46(53)38-12-10-11-13-40(38)66-41/h7-15,30,34-36H,1-3,16-29,31-33H2,4-6H3,(H,48,49). The molecule has 66 heavy (non-hydrogen) atoms. The molecule has 0 aliphatic carbocycles. The van der Waals surface area contributed by atoms with Crippen LogP contribution < -0.4 is 15.5 Å². The van der Waals surface area contributed by atoms with Crippen molar-refractivity contribution in [3.8, 4) is 5.75 Å². The Balaban J connectivity index is 1.72. The van der Waals surface area contributed by atoms with Crippen LogP contribution in [-0.4, -0.2) is 147 Å². The Hall–Kier alpha value is -5.09. The number of amides is 1. The SMILES string of the molecule is C=CC(=O)OCCOCCOC(C)CCC(COC(C)OCCOCCOC(=O)C=C)(COC(C)OCCOCCOC(=O)C=C)NC(=O)COc1ccc2sc3ccccc3c(=O)c2c1. The summed E-state index contributed by atoms with van der Waals surface area (Å²) < 4.78 is 68.9. The highest BCUT2D eigenvalue weighted by Crippen LogP contribution is 2.27. The normalized spacial score (nSPS) is 13.5. The van der Waals surface area contributed by atoms with Crippen molar-refractivity contribution in [3.05, 3.63) is 90.7 Å². The molecule has 19 heteroatoms. The topological polar surface area (TPSA) is 208 Å². The molecule has 3 aromatic rings. The van der Waals surface area contributed by atoms with Crippen LogP contribution in [-0.2, 0) is 71.3 Å². The Kier molecular flexibility index (Phi) is 26.6. The quantitative estimate of drug-likeness (QED) is 0.0205. The molecule has 0 aliphatic rings. The molecular formula is C47H63NO17S. The molecule has 0 bridgehead atoms. The van der Waals surface area contributed by atoms with E-state index in [4.69, 9.17) is 56.8 Å². The summed E-state index contributed by atoms with van der Waals surface area (Å²) >= 11 is 1.49. The van der Waals surface area contributed by atoms with Gasteiger partial charge < -0.3 is 62.2 Å². The van der Waals surface area contributed by atoms with Gasteiger partial charge in [-0.15, -0.1) is 11.3 Å². The number of carbonyl (C=O) groups excluding carboxylic acids is 4. The van der Waals surface area contributed by atoms with Crippen LogP contribution in [0.4, 0.5) is 0 Å². The molecule has 2 aromatic carbocycles. The van der Waals surface area contributed by atoms with E-state index in [1.807, 2.05) is 25.1 Å². The van der Waals surface area contributed by atoms with Gasteiger partial charge >= 0.3 is 17.9 Å². The minimum Gasteiger partial charge on any atom is -0.484 e. The summed E-state index contributed by atoms with van der Waals surface area (Å²) in [5, 5.41) is 4.17. The van der Waals surface area contributed by atoms with Crippen molar-refractivity contribution in [1.29, 1.82) is 0 Å². The van der Waals surface area contributed by atoms with Gasteiger partial charge in [-0.3, -0.25) is 9.59 Å². The highest BCUT2D eigenvalue weighted by atomic mass is 32.1. The Morgan fingerprint density at radius 2 is 1.11 bits per heavy atom. The maximum absolute atomic E-state index is 13.9. The van der Waals surface area contributed by atoms with Crippen LogP contribution in [0.5, 0.6) is 5.75 Å². The summed E-state index contributed by atoms with van der Waals surface area (Å²) in [7, 11) is 0. The molecule has 3 atom stereocenters. The lowest BCUT2D eigenvalue weighted by Gasteiger charge is -2.37. The van der Waals surface area contributed by atoms with Crippen LogP contribution in [0.25, 0.3) is 20.2 Å². The van der Waals surface area contributed by atoms with Crippen LogP contribution >= 0.6 is 11.3 Å². The van der Waals surface area contributed by atoms with E-state index in [0.717, 1.165) is 27.6 Å². The fourth-order valence-corrected chi connectivity index (χ4v) is 6.88. The molecule has 0 saturated heterocycles. The molecule has 1 N–H and O–H groups in total. The molecule has 3 unspecified atom stereocenters. The first-order chi connectivity index (χ1) is 31.9. The van der Waals surface area contributed by atoms with E-state index in [1.165, 1.54) is 11.3 Å². The largest absolute Gasteiger partial charge is 0.484 e. The third kappa shape index (κ3) is 21.9. The first kappa shape index (κ1) is 55.2. The second kappa shape index (κ2) is 31.8. The molecule has 0 spiro atoms.